The van der Waals surface area contributed by atoms with E-state index in [0.29, 0.717) is 0 Å². The molecule has 0 atom stereocenters. The first-order valence-electron chi connectivity index (χ1n) is 7.10. The molecule has 20 heavy (non-hydrogen) atoms. The predicted octanol–water partition coefficient (Wildman–Crippen LogP) is 2.36. The van der Waals surface area contributed by atoms with Crippen molar-refractivity contribution in [2.24, 2.45) is 4.99 Å². The molecule has 1 aromatic carbocycles. The number of ether oxygens (including phenoxy) is 1. The number of fused-ring (bicyclic) bond motifs is 1. The molecule has 112 valence electrons. The first-order valence-corrected chi connectivity index (χ1v) is 7.10. The van der Waals surface area contributed by atoms with Crippen LogP contribution in [0.3, 0.4) is 0 Å². The number of halogens is 1. The maximum atomic E-state index is 5.51. The van der Waals surface area contributed by atoms with E-state index in [9.17, 15) is 0 Å². The first-order chi connectivity index (χ1) is 9.33. The summed E-state index contributed by atoms with van der Waals surface area (Å²) in [6.07, 6.45) is 2.00. The van der Waals surface area contributed by atoms with Gasteiger partial charge >= 0.3 is 0 Å². The third kappa shape index (κ3) is 4.85. The van der Waals surface area contributed by atoms with Gasteiger partial charge < -0.3 is 15.4 Å². The quantitative estimate of drug-likeness (QED) is 0.462. The van der Waals surface area contributed by atoms with Gasteiger partial charge in [0.15, 0.2) is 5.96 Å². The second-order valence-corrected chi connectivity index (χ2v) is 4.58. The molecular weight excluding hydrogens is 365 g/mol. The fourth-order valence-corrected chi connectivity index (χ4v) is 2.20. The second-order valence-electron chi connectivity index (χ2n) is 4.58. The molecule has 0 radical (unpaired) electrons. The van der Waals surface area contributed by atoms with Crippen LogP contribution in [0.4, 0.5) is 0 Å². The number of aliphatic imine (C=N–C) groups is 1. The van der Waals surface area contributed by atoms with Gasteiger partial charge in [0, 0.05) is 26.1 Å². The van der Waals surface area contributed by atoms with Gasteiger partial charge in [0.25, 0.3) is 0 Å². The van der Waals surface area contributed by atoms with Crippen LogP contribution >= 0.6 is 24.0 Å². The molecule has 5 heteroatoms. The average Bonchev–Trinajstić information content (AvgIpc) is 2.86. The van der Waals surface area contributed by atoms with Crippen LogP contribution in [0.5, 0.6) is 5.75 Å². The van der Waals surface area contributed by atoms with Crippen molar-refractivity contribution in [3.8, 4) is 5.75 Å². The van der Waals surface area contributed by atoms with E-state index in [4.69, 9.17) is 4.74 Å². The van der Waals surface area contributed by atoms with E-state index >= 15 is 0 Å². The summed E-state index contributed by atoms with van der Waals surface area (Å²) in [5, 5.41) is 6.46. The Hall–Kier alpha value is -0.980. The molecule has 0 saturated heterocycles. The molecule has 4 nitrogen and oxygen atoms in total. The van der Waals surface area contributed by atoms with Crippen molar-refractivity contribution in [1.82, 2.24) is 10.6 Å². The summed E-state index contributed by atoms with van der Waals surface area (Å²) in [5.74, 6) is 1.95. The minimum Gasteiger partial charge on any atom is -0.493 e. The molecule has 0 unspecified atom stereocenters. The van der Waals surface area contributed by atoms with Gasteiger partial charge in [-0.1, -0.05) is 12.1 Å². The zero-order valence-electron chi connectivity index (χ0n) is 12.2. The Kier molecular flexibility index (Phi) is 7.72. The van der Waals surface area contributed by atoms with Crippen molar-refractivity contribution >= 4 is 29.9 Å². The molecule has 1 aliphatic heterocycles. The van der Waals surface area contributed by atoms with Crippen LogP contribution in [0.15, 0.2) is 23.2 Å². The average molecular weight is 389 g/mol. The fourth-order valence-electron chi connectivity index (χ4n) is 2.20. The second kappa shape index (κ2) is 9.05. The number of nitrogens with one attached hydrogen (secondary N) is 2. The van der Waals surface area contributed by atoms with Crippen molar-refractivity contribution < 1.29 is 4.74 Å². The standard InChI is InChI=1S/C15H23N3O.HI/c1-3-16-15(17-4-2)18-9-7-12-5-6-14-13(11-12)8-10-19-14;/h5-6,11H,3-4,7-10H2,1-2H3,(H2,16,17,18);1H. The van der Waals surface area contributed by atoms with Crippen LogP contribution in [0.1, 0.15) is 25.0 Å². The van der Waals surface area contributed by atoms with Gasteiger partial charge in [-0.05, 0) is 37.5 Å². The largest absolute Gasteiger partial charge is 0.493 e. The van der Waals surface area contributed by atoms with Gasteiger partial charge in [-0.3, -0.25) is 4.99 Å². The third-order valence-electron chi connectivity index (χ3n) is 3.11. The highest BCUT2D eigenvalue weighted by molar-refractivity contribution is 14.0. The molecule has 0 aromatic heterocycles. The Morgan fingerprint density at radius 1 is 1.25 bits per heavy atom. The summed E-state index contributed by atoms with van der Waals surface area (Å²) in [6.45, 7) is 7.56. The van der Waals surface area contributed by atoms with E-state index in [1.54, 1.807) is 0 Å². The Morgan fingerprint density at radius 3 is 2.70 bits per heavy atom. The highest BCUT2D eigenvalue weighted by Crippen LogP contribution is 2.25. The van der Waals surface area contributed by atoms with Crippen LogP contribution in [-0.4, -0.2) is 32.2 Å². The van der Waals surface area contributed by atoms with Crippen molar-refractivity contribution in [2.45, 2.75) is 26.7 Å². The van der Waals surface area contributed by atoms with E-state index in [0.717, 1.165) is 50.8 Å². The lowest BCUT2D eigenvalue weighted by Crippen LogP contribution is -2.37. The highest BCUT2D eigenvalue weighted by atomic mass is 127. The van der Waals surface area contributed by atoms with E-state index in [2.05, 4.69) is 47.7 Å². The first kappa shape index (κ1) is 17.1. The summed E-state index contributed by atoms with van der Waals surface area (Å²) < 4.78 is 5.51. The third-order valence-corrected chi connectivity index (χ3v) is 3.11. The minimum absolute atomic E-state index is 0. The van der Waals surface area contributed by atoms with Gasteiger partial charge in [-0.15, -0.1) is 24.0 Å². The summed E-state index contributed by atoms with van der Waals surface area (Å²) in [5.41, 5.74) is 2.67. The van der Waals surface area contributed by atoms with Crippen LogP contribution < -0.4 is 15.4 Å². The van der Waals surface area contributed by atoms with Crippen molar-refractivity contribution in [3.05, 3.63) is 29.3 Å². The Labute approximate surface area is 138 Å². The zero-order valence-corrected chi connectivity index (χ0v) is 14.6. The number of nitrogens with zero attached hydrogens (tertiary/aromatic N) is 1. The highest BCUT2D eigenvalue weighted by Gasteiger charge is 2.11. The molecule has 0 fully saturated rings. The Morgan fingerprint density at radius 2 is 2.00 bits per heavy atom. The van der Waals surface area contributed by atoms with Gasteiger partial charge in [0.1, 0.15) is 5.75 Å². The SMILES string of the molecule is CCNC(=NCCc1ccc2c(c1)CCO2)NCC.I. The smallest absolute Gasteiger partial charge is 0.191 e. The lowest BCUT2D eigenvalue weighted by molar-refractivity contribution is 0.357. The Bertz CT molecular complexity index is 441. The van der Waals surface area contributed by atoms with Gasteiger partial charge in [0.2, 0.25) is 0 Å². The molecule has 0 saturated carbocycles. The molecule has 1 heterocycles. The molecule has 0 bridgehead atoms. The van der Waals surface area contributed by atoms with Crippen LogP contribution in [-0.2, 0) is 12.8 Å². The minimum atomic E-state index is 0. The monoisotopic (exact) mass is 389 g/mol. The van der Waals surface area contributed by atoms with Crippen LogP contribution in [0.2, 0.25) is 0 Å². The molecule has 0 amide bonds. The molecule has 2 rings (SSSR count). The van der Waals surface area contributed by atoms with E-state index in [1.165, 1.54) is 11.1 Å². The maximum Gasteiger partial charge on any atom is 0.191 e. The van der Waals surface area contributed by atoms with Gasteiger partial charge in [0.05, 0.1) is 6.61 Å². The molecule has 2 N–H and O–H groups in total. The van der Waals surface area contributed by atoms with E-state index < -0.39 is 0 Å². The van der Waals surface area contributed by atoms with Crippen molar-refractivity contribution in [3.63, 3.8) is 0 Å². The number of benzene rings is 1. The molecule has 1 aliphatic rings. The lowest BCUT2D eigenvalue weighted by Gasteiger charge is -2.09. The molecule has 1 aromatic rings. The topological polar surface area (TPSA) is 45.7 Å². The van der Waals surface area contributed by atoms with E-state index in [1.807, 2.05) is 0 Å². The van der Waals surface area contributed by atoms with Crippen molar-refractivity contribution in [1.29, 1.82) is 0 Å². The summed E-state index contributed by atoms with van der Waals surface area (Å²) in [4.78, 5) is 4.56. The van der Waals surface area contributed by atoms with Crippen LogP contribution in [0, 0.1) is 0 Å². The predicted molar refractivity (Wildman–Crippen MR) is 94.4 cm³/mol. The molecular formula is C15H24IN3O. The molecule has 0 aliphatic carbocycles. The van der Waals surface area contributed by atoms with Gasteiger partial charge in [-0.25, -0.2) is 0 Å². The maximum absolute atomic E-state index is 5.51. The number of hydrogen-bond acceptors (Lipinski definition) is 2. The summed E-state index contributed by atoms with van der Waals surface area (Å²) >= 11 is 0. The number of hydrogen-bond donors (Lipinski definition) is 2. The zero-order chi connectivity index (χ0) is 13.5. The fraction of sp³-hybridized carbons (Fsp3) is 0.533. The Balaban J connectivity index is 0.00000200. The van der Waals surface area contributed by atoms with Crippen LogP contribution in [0.25, 0.3) is 0 Å². The van der Waals surface area contributed by atoms with E-state index in [-0.39, 0.29) is 24.0 Å². The summed E-state index contributed by atoms with van der Waals surface area (Å²) in [6, 6.07) is 6.47. The number of rotatable bonds is 5. The van der Waals surface area contributed by atoms with Gasteiger partial charge in [-0.2, -0.15) is 0 Å². The number of guanidine groups is 1. The molecule has 0 spiro atoms. The normalized spacial score (nSPS) is 11.9. The lowest BCUT2D eigenvalue weighted by atomic mass is 10.1. The summed E-state index contributed by atoms with van der Waals surface area (Å²) in [7, 11) is 0. The van der Waals surface area contributed by atoms with Crippen molar-refractivity contribution in [2.75, 3.05) is 26.2 Å².